The Bertz CT molecular complexity index is 480. The molecule has 0 aliphatic rings. The molecule has 0 amide bonds. The highest BCUT2D eigenvalue weighted by Crippen LogP contribution is 2.26. The summed E-state index contributed by atoms with van der Waals surface area (Å²) in [7, 11) is 1.97. The van der Waals surface area contributed by atoms with Crippen molar-refractivity contribution in [2.24, 2.45) is 0 Å². The minimum atomic E-state index is 0.892. The zero-order valence-corrected chi connectivity index (χ0v) is 10.8. The highest BCUT2D eigenvalue weighted by molar-refractivity contribution is 9.10. The first-order valence-corrected chi connectivity index (χ1v) is 6.09. The van der Waals surface area contributed by atoms with Crippen LogP contribution in [0.3, 0.4) is 0 Å². The summed E-state index contributed by atoms with van der Waals surface area (Å²) >= 11 is 3.51. The molecule has 2 aromatic carbocycles. The van der Waals surface area contributed by atoms with Crippen molar-refractivity contribution in [3.63, 3.8) is 0 Å². The molecule has 0 radical (unpaired) electrons. The molecule has 0 heterocycles. The molecule has 0 aliphatic carbocycles. The van der Waals surface area contributed by atoms with E-state index >= 15 is 0 Å². The number of hydrogen-bond donors (Lipinski definition) is 1. The van der Waals surface area contributed by atoms with Gasteiger partial charge in [-0.1, -0.05) is 52.3 Å². The molecule has 1 nitrogen and oxygen atoms in total. The maximum absolute atomic E-state index is 3.51. The third-order valence-electron chi connectivity index (χ3n) is 2.52. The second kappa shape index (κ2) is 5.28. The van der Waals surface area contributed by atoms with Crippen LogP contribution in [0.1, 0.15) is 5.56 Å². The first kappa shape index (κ1) is 11.4. The van der Waals surface area contributed by atoms with E-state index in [-0.39, 0.29) is 0 Å². The van der Waals surface area contributed by atoms with Crippen LogP contribution in [-0.2, 0) is 6.54 Å². The van der Waals surface area contributed by atoms with Crippen LogP contribution in [0.25, 0.3) is 11.1 Å². The van der Waals surface area contributed by atoms with Gasteiger partial charge in [0.05, 0.1) is 0 Å². The first-order chi connectivity index (χ1) is 7.81. The summed E-state index contributed by atoms with van der Waals surface area (Å²) < 4.78 is 1.12. The summed E-state index contributed by atoms with van der Waals surface area (Å²) in [5.74, 6) is 0. The molecular weight excluding hydrogens is 262 g/mol. The molecule has 0 aliphatic heterocycles. The Labute approximate surface area is 105 Å². The van der Waals surface area contributed by atoms with Crippen molar-refractivity contribution >= 4 is 15.9 Å². The van der Waals surface area contributed by atoms with Gasteiger partial charge in [-0.25, -0.2) is 0 Å². The van der Waals surface area contributed by atoms with Crippen LogP contribution in [0.15, 0.2) is 53.0 Å². The molecule has 0 saturated carbocycles. The van der Waals surface area contributed by atoms with Gasteiger partial charge in [0, 0.05) is 11.0 Å². The Morgan fingerprint density at radius 2 is 1.88 bits per heavy atom. The van der Waals surface area contributed by atoms with E-state index in [1.165, 1.54) is 16.7 Å². The lowest BCUT2D eigenvalue weighted by molar-refractivity contribution is 0.819. The molecule has 2 aromatic rings. The highest BCUT2D eigenvalue weighted by atomic mass is 79.9. The zero-order chi connectivity index (χ0) is 11.4. The SMILES string of the molecule is CNCc1ccccc1-c1cccc(Br)c1. The van der Waals surface area contributed by atoms with Gasteiger partial charge >= 0.3 is 0 Å². The number of hydrogen-bond acceptors (Lipinski definition) is 1. The Kier molecular flexibility index (Phi) is 3.75. The molecule has 1 N–H and O–H groups in total. The average Bonchev–Trinajstić information content (AvgIpc) is 2.30. The number of rotatable bonds is 3. The standard InChI is InChI=1S/C14H14BrN/c1-16-10-12-5-2-3-8-14(12)11-6-4-7-13(15)9-11/h2-9,16H,10H2,1H3. The third-order valence-corrected chi connectivity index (χ3v) is 3.01. The van der Waals surface area contributed by atoms with Crippen LogP contribution in [-0.4, -0.2) is 7.05 Å². The molecule has 82 valence electrons. The lowest BCUT2D eigenvalue weighted by Gasteiger charge is -2.09. The van der Waals surface area contributed by atoms with Gasteiger partial charge in [-0.05, 0) is 35.9 Å². The summed E-state index contributed by atoms with van der Waals surface area (Å²) in [5, 5.41) is 3.20. The predicted molar refractivity (Wildman–Crippen MR) is 72.3 cm³/mol. The van der Waals surface area contributed by atoms with Gasteiger partial charge in [-0.2, -0.15) is 0 Å². The second-order valence-corrected chi connectivity index (χ2v) is 4.61. The molecule has 0 bridgehead atoms. The van der Waals surface area contributed by atoms with Crippen LogP contribution in [0.4, 0.5) is 0 Å². The molecule has 2 heteroatoms. The average molecular weight is 276 g/mol. The first-order valence-electron chi connectivity index (χ1n) is 5.29. The largest absolute Gasteiger partial charge is 0.316 e. The van der Waals surface area contributed by atoms with Gasteiger partial charge in [0.2, 0.25) is 0 Å². The van der Waals surface area contributed by atoms with Crippen LogP contribution in [0, 0.1) is 0 Å². The van der Waals surface area contributed by atoms with E-state index in [2.05, 4.69) is 63.7 Å². The summed E-state index contributed by atoms with van der Waals surface area (Å²) in [6, 6.07) is 16.9. The van der Waals surface area contributed by atoms with Gasteiger partial charge in [-0.3, -0.25) is 0 Å². The van der Waals surface area contributed by atoms with Gasteiger partial charge in [0.1, 0.15) is 0 Å². The summed E-state index contributed by atoms with van der Waals surface area (Å²) in [4.78, 5) is 0. The fourth-order valence-electron chi connectivity index (χ4n) is 1.80. The van der Waals surface area contributed by atoms with E-state index in [1.54, 1.807) is 0 Å². The Morgan fingerprint density at radius 1 is 1.06 bits per heavy atom. The number of halogens is 1. The summed E-state index contributed by atoms with van der Waals surface area (Å²) in [5.41, 5.74) is 3.86. The molecule has 2 rings (SSSR count). The monoisotopic (exact) mass is 275 g/mol. The molecule has 0 fully saturated rings. The smallest absolute Gasteiger partial charge is 0.0208 e. The van der Waals surface area contributed by atoms with Crippen LogP contribution < -0.4 is 5.32 Å². The topological polar surface area (TPSA) is 12.0 Å². The Morgan fingerprint density at radius 3 is 2.62 bits per heavy atom. The maximum atomic E-state index is 3.51. The van der Waals surface area contributed by atoms with E-state index in [0.717, 1.165) is 11.0 Å². The lowest BCUT2D eigenvalue weighted by atomic mass is 10.00. The van der Waals surface area contributed by atoms with Crippen LogP contribution in [0.5, 0.6) is 0 Å². The minimum Gasteiger partial charge on any atom is -0.316 e. The minimum absolute atomic E-state index is 0.892. The van der Waals surface area contributed by atoms with Crippen molar-refractivity contribution in [3.8, 4) is 11.1 Å². The van der Waals surface area contributed by atoms with E-state index in [4.69, 9.17) is 0 Å². The Balaban J connectivity index is 2.46. The zero-order valence-electron chi connectivity index (χ0n) is 9.20. The lowest BCUT2D eigenvalue weighted by Crippen LogP contribution is -2.06. The van der Waals surface area contributed by atoms with Gasteiger partial charge in [-0.15, -0.1) is 0 Å². The fourth-order valence-corrected chi connectivity index (χ4v) is 2.20. The maximum Gasteiger partial charge on any atom is 0.0208 e. The number of benzene rings is 2. The van der Waals surface area contributed by atoms with Crippen molar-refractivity contribution in [3.05, 3.63) is 58.6 Å². The summed E-state index contributed by atoms with van der Waals surface area (Å²) in [6.07, 6.45) is 0. The third kappa shape index (κ3) is 2.52. The normalized spacial score (nSPS) is 10.4. The van der Waals surface area contributed by atoms with Gasteiger partial charge in [0.25, 0.3) is 0 Å². The molecule has 0 aromatic heterocycles. The molecule has 0 atom stereocenters. The van der Waals surface area contributed by atoms with Crippen molar-refractivity contribution in [1.29, 1.82) is 0 Å². The van der Waals surface area contributed by atoms with Gasteiger partial charge in [0.15, 0.2) is 0 Å². The fraction of sp³-hybridized carbons (Fsp3) is 0.143. The summed E-state index contributed by atoms with van der Waals surface area (Å²) in [6.45, 7) is 0.892. The highest BCUT2D eigenvalue weighted by Gasteiger charge is 2.03. The van der Waals surface area contributed by atoms with E-state index < -0.39 is 0 Å². The van der Waals surface area contributed by atoms with Crippen LogP contribution >= 0.6 is 15.9 Å². The Hall–Kier alpha value is -1.12. The molecule has 0 saturated heterocycles. The quantitative estimate of drug-likeness (QED) is 0.898. The second-order valence-electron chi connectivity index (χ2n) is 3.70. The molecule has 0 spiro atoms. The van der Waals surface area contributed by atoms with E-state index in [0.29, 0.717) is 0 Å². The van der Waals surface area contributed by atoms with Crippen molar-refractivity contribution in [1.82, 2.24) is 5.32 Å². The predicted octanol–water partition coefficient (Wildman–Crippen LogP) is 3.84. The number of nitrogens with one attached hydrogen (secondary N) is 1. The molecular formula is C14H14BrN. The van der Waals surface area contributed by atoms with Crippen molar-refractivity contribution in [2.75, 3.05) is 7.05 Å². The van der Waals surface area contributed by atoms with Gasteiger partial charge < -0.3 is 5.32 Å². The molecule has 16 heavy (non-hydrogen) atoms. The van der Waals surface area contributed by atoms with E-state index in [1.807, 2.05) is 13.1 Å². The van der Waals surface area contributed by atoms with E-state index in [9.17, 15) is 0 Å². The van der Waals surface area contributed by atoms with Crippen molar-refractivity contribution in [2.45, 2.75) is 6.54 Å². The molecule has 0 unspecified atom stereocenters. The van der Waals surface area contributed by atoms with Crippen molar-refractivity contribution < 1.29 is 0 Å². The van der Waals surface area contributed by atoms with Crippen LogP contribution in [0.2, 0.25) is 0 Å².